The molecule has 0 radical (unpaired) electrons. The third-order valence-electron chi connectivity index (χ3n) is 5.44. The second kappa shape index (κ2) is 8.82. The van der Waals surface area contributed by atoms with Gasteiger partial charge in [-0.25, -0.2) is 13.1 Å². The van der Waals surface area contributed by atoms with Gasteiger partial charge in [0.15, 0.2) is 0 Å². The van der Waals surface area contributed by atoms with Gasteiger partial charge in [0, 0.05) is 54.0 Å². The fourth-order valence-electron chi connectivity index (χ4n) is 3.85. The summed E-state index contributed by atoms with van der Waals surface area (Å²) in [6.45, 7) is 2.41. The number of nitrogens with zero attached hydrogens (tertiary/aromatic N) is 2. The van der Waals surface area contributed by atoms with E-state index in [4.69, 9.17) is 11.6 Å². The number of hydrogen-bond acceptors (Lipinski definition) is 5. The average Bonchev–Trinajstić information content (AvgIpc) is 3.22. The Bertz CT molecular complexity index is 1220. The number of rotatable bonds is 6. The van der Waals surface area contributed by atoms with Crippen molar-refractivity contribution in [3.05, 3.63) is 59.8 Å². The lowest BCUT2D eigenvalue weighted by Gasteiger charge is -2.23. The number of nitrogens with one attached hydrogen (secondary N) is 2. The lowest BCUT2D eigenvalue weighted by molar-refractivity contribution is -0.129. The smallest absolute Gasteiger partial charge is 0.240 e. The van der Waals surface area contributed by atoms with Crippen LogP contribution in [0, 0.1) is 0 Å². The van der Waals surface area contributed by atoms with E-state index >= 15 is 0 Å². The standard InChI is InChI=1S/C22H23ClN4O3S/c1-15(28)27-12-2-3-18(27)14-25-31(29,30)19-7-5-17(6-8-19)26-21-10-11-24-22-13-16(23)4-9-20(21)22/h4-11,13,18,25H,2-3,12,14H2,1H3,(H,24,26). The van der Waals surface area contributed by atoms with Gasteiger partial charge in [-0.05, 0) is 61.4 Å². The van der Waals surface area contributed by atoms with Crippen LogP contribution in [-0.4, -0.2) is 43.3 Å². The predicted octanol–water partition coefficient (Wildman–Crippen LogP) is 3.92. The molecule has 1 aliphatic rings. The van der Waals surface area contributed by atoms with Crippen LogP contribution in [0.3, 0.4) is 0 Å². The third-order valence-corrected chi connectivity index (χ3v) is 7.11. The van der Waals surface area contributed by atoms with Crippen molar-refractivity contribution in [1.82, 2.24) is 14.6 Å². The van der Waals surface area contributed by atoms with Crippen molar-refractivity contribution >= 4 is 49.8 Å². The van der Waals surface area contributed by atoms with Crippen LogP contribution in [0.1, 0.15) is 19.8 Å². The Morgan fingerprint density at radius 3 is 2.71 bits per heavy atom. The Hall–Kier alpha value is -2.68. The minimum absolute atomic E-state index is 0.0250. The van der Waals surface area contributed by atoms with Crippen molar-refractivity contribution in [3.63, 3.8) is 0 Å². The zero-order valence-corrected chi connectivity index (χ0v) is 18.6. The van der Waals surface area contributed by atoms with Crippen molar-refractivity contribution in [2.45, 2.75) is 30.7 Å². The van der Waals surface area contributed by atoms with E-state index in [0.29, 0.717) is 11.6 Å². The summed E-state index contributed by atoms with van der Waals surface area (Å²) in [6.07, 6.45) is 3.38. The SMILES string of the molecule is CC(=O)N1CCCC1CNS(=O)(=O)c1ccc(Nc2ccnc3cc(Cl)ccc23)cc1. The third kappa shape index (κ3) is 4.81. The average molecular weight is 459 g/mol. The van der Waals surface area contributed by atoms with E-state index in [2.05, 4.69) is 15.0 Å². The van der Waals surface area contributed by atoms with E-state index in [0.717, 1.165) is 35.1 Å². The number of hydrogen-bond donors (Lipinski definition) is 2. The highest BCUT2D eigenvalue weighted by Gasteiger charge is 2.27. The molecule has 2 aromatic carbocycles. The van der Waals surface area contributed by atoms with Gasteiger partial charge in [0.1, 0.15) is 0 Å². The van der Waals surface area contributed by atoms with E-state index < -0.39 is 10.0 Å². The summed E-state index contributed by atoms with van der Waals surface area (Å²) >= 11 is 6.04. The number of amides is 1. The lowest BCUT2D eigenvalue weighted by atomic mass is 10.2. The van der Waals surface area contributed by atoms with Gasteiger partial charge in [-0.1, -0.05) is 11.6 Å². The van der Waals surface area contributed by atoms with E-state index in [1.165, 1.54) is 6.92 Å². The molecule has 31 heavy (non-hydrogen) atoms. The molecule has 7 nitrogen and oxygen atoms in total. The molecule has 1 amide bonds. The molecule has 1 atom stereocenters. The highest BCUT2D eigenvalue weighted by Crippen LogP contribution is 2.27. The summed E-state index contributed by atoms with van der Waals surface area (Å²) in [5.41, 5.74) is 2.37. The molecule has 0 spiro atoms. The summed E-state index contributed by atoms with van der Waals surface area (Å²) in [5, 5.41) is 4.83. The van der Waals surface area contributed by atoms with Crippen molar-refractivity contribution in [1.29, 1.82) is 0 Å². The van der Waals surface area contributed by atoms with Crippen LogP contribution in [0.25, 0.3) is 10.9 Å². The van der Waals surface area contributed by atoms with Gasteiger partial charge < -0.3 is 10.2 Å². The molecule has 2 N–H and O–H groups in total. The maximum atomic E-state index is 12.7. The number of fused-ring (bicyclic) bond motifs is 1. The molecule has 4 rings (SSSR count). The quantitative estimate of drug-likeness (QED) is 0.584. The fraction of sp³-hybridized carbons (Fsp3) is 0.273. The lowest BCUT2D eigenvalue weighted by Crippen LogP contribution is -2.42. The number of anilines is 2. The highest BCUT2D eigenvalue weighted by molar-refractivity contribution is 7.89. The first-order valence-corrected chi connectivity index (χ1v) is 11.9. The molecule has 0 aliphatic carbocycles. The molecular weight excluding hydrogens is 436 g/mol. The molecular formula is C22H23ClN4O3S. The van der Waals surface area contributed by atoms with Crippen LogP contribution in [0.15, 0.2) is 59.6 Å². The summed E-state index contributed by atoms with van der Waals surface area (Å²) in [5.74, 6) is -0.0250. The zero-order valence-electron chi connectivity index (χ0n) is 17.0. The molecule has 9 heteroatoms. The van der Waals surface area contributed by atoms with E-state index in [9.17, 15) is 13.2 Å². The number of benzene rings is 2. The van der Waals surface area contributed by atoms with Crippen molar-refractivity contribution < 1.29 is 13.2 Å². The van der Waals surface area contributed by atoms with Gasteiger partial charge in [0.2, 0.25) is 15.9 Å². The Labute approximate surface area is 186 Å². The monoisotopic (exact) mass is 458 g/mol. The molecule has 2 heterocycles. The van der Waals surface area contributed by atoms with Crippen molar-refractivity contribution in [2.75, 3.05) is 18.4 Å². The Morgan fingerprint density at radius 2 is 1.97 bits per heavy atom. The molecule has 1 unspecified atom stereocenters. The second-order valence-electron chi connectivity index (χ2n) is 7.53. The Kier molecular flexibility index (Phi) is 6.13. The maximum absolute atomic E-state index is 12.7. The number of halogens is 1. The van der Waals surface area contributed by atoms with Crippen molar-refractivity contribution in [2.24, 2.45) is 0 Å². The fourth-order valence-corrected chi connectivity index (χ4v) is 5.09. The zero-order chi connectivity index (χ0) is 22.0. The van der Waals surface area contributed by atoms with Gasteiger partial charge >= 0.3 is 0 Å². The van der Waals surface area contributed by atoms with Gasteiger partial charge in [-0.2, -0.15) is 0 Å². The van der Waals surface area contributed by atoms with Gasteiger partial charge in [-0.15, -0.1) is 0 Å². The second-order valence-corrected chi connectivity index (χ2v) is 9.73. The molecule has 1 saturated heterocycles. The first kappa shape index (κ1) is 21.5. The normalized spacial score (nSPS) is 16.6. The first-order chi connectivity index (χ1) is 14.8. The molecule has 0 saturated carbocycles. The first-order valence-electron chi connectivity index (χ1n) is 10.0. The predicted molar refractivity (Wildman–Crippen MR) is 122 cm³/mol. The van der Waals surface area contributed by atoms with Crippen LogP contribution in [0.2, 0.25) is 5.02 Å². The summed E-state index contributed by atoms with van der Waals surface area (Å²) in [4.78, 5) is 17.9. The number of carbonyl (C=O) groups excluding carboxylic acids is 1. The van der Waals surface area contributed by atoms with Crippen LogP contribution in [-0.2, 0) is 14.8 Å². The number of pyridine rings is 1. The van der Waals surface area contributed by atoms with E-state index in [1.54, 1.807) is 47.5 Å². The van der Waals surface area contributed by atoms with Crippen LogP contribution in [0.4, 0.5) is 11.4 Å². The summed E-state index contributed by atoms with van der Waals surface area (Å²) in [6, 6.07) is 13.8. The number of likely N-dealkylation sites (tertiary alicyclic amines) is 1. The molecule has 1 fully saturated rings. The van der Waals surface area contributed by atoms with Gasteiger partial charge in [-0.3, -0.25) is 9.78 Å². The van der Waals surface area contributed by atoms with Crippen LogP contribution >= 0.6 is 11.6 Å². The molecule has 1 aromatic heterocycles. The molecule has 0 bridgehead atoms. The molecule has 162 valence electrons. The minimum atomic E-state index is -3.67. The minimum Gasteiger partial charge on any atom is -0.355 e. The number of sulfonamides is 1. The van der Waals surface area contributed by atoms with Crippen molar-refractivity contribution in [3.8, 4) is 0 Å². The summed E-state index contributed by atoms with van der Waals surface area (Å²) in [7, 11) is -3.67. The highest BCUT2D eigenvalue weighted by atomic mass is 35.5. The molecule has 3 aromatic rings. The topological polar surface area (TPSA) is 91.4 Å². The van der Waals surface area contributed by atoms with E-state index in [1.807, 2.05) is 12.1 Å². The van der Waals surface area contributed by atoms with Gasteiger partial charge in [0.25, 0.3) is 0 Å². The van der Waals surface area contributed by atoms with Crippen LogP contribution < -0.4 is 10.0 Å². The van der Waals surface area contributed by atoms with Gasteiger partial charge in [0.05, 0.1) is 10.4 Å². The summed E-state index contributed by atoms with van der Waals surface area (Å²) < 4.78 is 28.0. The number of aromatic nitrogens is 1. The Morgan fingerprint density at radius 1 is 1.19 bits per heavy atom. The largest absolute Gasteiger partial charge is 0.355 e. The molecule has 1 aliphatic heterocycles. The van der Waals surface area contributed by atoms with Crippen LogP contribution in [0.5, 0.6) is 0 Å². The Balaban J connectivity index is 1.46. The maximum Gasteiger partial charge on any atom is 0.240 e. The van der Waals surface area contributed by atoms with E-state index in [-0.39, 0.29) is 23.4 Å². The number of carbonyl (C=O) groups is 1.